The monoisotopic (exact) mass is 258 g/mol. The molecule has 0 radical (unpaired) electrons. The van der Waals surface area contributed by atoms with Crippen LogP contribution < -0.4 is 10.1 Å². The third-order valence-electron chi connectivity index (χ3n) is 3.38. The number of aromatic nitrogens is 1. The smallest absolute Gasteiger partial charge is 0.211 e. The van der Waals surface area contributed by atoms with Crippen LogP contribution in [0.15, 0.2) is 34.9 Å². The van der Waals surface area contributed by atoms with E-state index in [1.807, 2.05) is 26.0 Å². The van der Waals surface area contributed by atoms with Crippen molar-refractivity contribution in [1.29, 1.82) is 0 Å². The molecule has 2 atom stereocenters. The number of nitrogens with zero attached hydrogens (tertiary/aromatic N) is 1. The third-order valence-corrected chi connectivity index (χ3v) is 3.38. The summed E-state index contributed by atoms with van der Waals surface area (Å²) in [5, 5.41) is 3.41. The van der Waals surface area contributed by atoms with Gasteiger partial charge in [-0.2, -0.15) is 0 Å². The second-order valence-electron chi connectivity index (χ2n) is 4.99. The van der Waals surface area contributed by atoms with Crippen molar-refractivity contribution in [2.24, 2.45) is 0 Å². The van der Waals surface area contributed by atoms with Crippen LogP contribution in [-0.4, -0.2) is 17.6 Å². The number of benzene rings is 1. The molecule has 0 bridgehead atoms. The molecule has 2 aromatic rings. The molecule has 1 aromatic carbocycles. The topological polar surface area (TPSA) is 47.3 Å². The Bertz CT molecular complexity index is 540. The standard InChI is InChI=1S/C15H18N2O2/c1-10-8-17-15(18-10)11(2)16-9-13-7-12-5-3-4-6-14(12)19-13/h3-6,8,11,13,16H,7,9H2,1-2H3. The second kappa shape index (κ2) is 5.05. The van der Waals surface area contributed by atoms with E-state index in [9.17, 15) is 0 Å². The van der Waals surface area contributed by atoms with E-state index in [2.05, 4.69) is 22.4 Å². The van der Waals surface area contributed by atoms with Gasteiger partial charge in [-0.15, -0.1) is 0 Å². The summed E-state index contributed by atoms with van der Waals surface area (Å²) in [7, 11) is 0. The van der Waals surface area contributed by atoms with Crippen LogP contribution in [0.5, 0.6) is 5.75 Å². The van der Waals surface area contributed by atoms with Gasteiger partial charge in [-0.3, -0.25) is 0 Å². The lowest BCUT2D eigenvalue weighted by atomic mass is 10.1. The Morgan fingerprint density at radius 3 is 3.00 bits per heavy atom. The largest absolute Gasteiger partial charge is 0.488 e. The number of hydrogen-bond donors (Lipinski definition) is 1. The van der Waals surface area contributed by atoms with E-state index < -0.39 is 0 Å². The molecule has 1 aliphatic rings. The summed E-state index contributed by atoms with van der Waals surface area (Å²) in [5.41, 5.74) is 1.29. The summed E-state index contributed by atoms with van der Waals surface area (Å²) < 4.78 is 11.4. The summed E-state index contributed by atoms with van der Waals surface area (Å²) in [4.78, 5) is 4.23. The Labute approximate surface area is 112 Å². The van der Waals surface area contributed by atoms with Gasteiger partial charge in [0, 0.05) is 13.0 Å². The van der Waals surface area contributed by atoms with Crippen LogP contribution in [-0.2, 0) is 6.42 Å². The Balaban J connectivity index is 1.54. The van der Waals surface area contributed by atoms with Crippen LogP contribution in [0.1, 0.15) is 30.2 Å². The van der Waals surface area contributed by atoms with E-state index in [1.165, 1.54) is 5.56 Å². The maximum atomic E-state index is 5.88. The van der Waals surface area contributed by atoms with E-state index in [-0.39, 0.29) is 12.1 Å². The first-order valence-corrected chi connectivity index (χ1v) is 6.62. The minimum Gasteiger partial charge on any atom is -0.488 e. The number of nitrogens with one attached hydrogen (secondary N) is 1. The predicted octanol–water partition coefficient (Wildman–Crippen LogP) is 2.64. The van der Waals surface area contributed by atoms with Crippen LogP contribution in [0.2, 0.25) is 0 Å². The normalized spacial score (nSPS) is 18.9. The molecule has 0 saturated heterocycles. The average Bonchev–Trinajstić information content (AvgIpc) is 3.01. The number of para-hydroxylation sites is 1. The molecule has 0 spiro atoms. The van der Waals surface area contributed by atoms with E-state index in [0.717, 1.165) is 30.4 Å². The summed E-state index contributed by atoms with van der Waals surface area (Å²) in [5.74, 6) is 2.58. The Morgan fingerprint density at radius 2 is 2.26 bits per heavy atom. The number of aryl methyl sites for hydroxylation is 1. The highest BCUT2D eigenvalue weighted by molar-refractivity contribution is 5.37. The quantitative estimate of drug-likeness (QED) is 0.915. The van der Waals surface area contributed by atoms with Crippen LogP contribution in [0.4, 0.5) is 0 Å². The van der Waals surface area contributed by atoms with Crippen molar-refractivity contribution in [1.82, 2.24) is 10.3 Å². The van der Waals surface area contributed by atoms with Gasteiger partial charge in [0.05, 0.1) is 12.2 Å². The van der Waals surface area contributed by atoms with Gasteiger partial charge in [0.15, 0.2) is 0 Å². The van der Waals surface area contributed by atoms with Crippen LogP contribution in [0.25, 0.3) is 0 Å². The van der Waals surface area contributed by atoms with Crippen molar-refractivity contribution >= 4 is 0 Å². The molecule has 2 heterocycles. The fourth-order valence-corrected chi connectivity index (χ4v) is 2.34. The molecule has 1 aromatic heterocycles. The number of oxazole rings is 1. The van der Waals surface area contributed by atoms with Crippen molar-refractivity contribution in [3.8, 4) is 5.75 Å². The molecule has 3 rings (SSSR count). The summed E-state index contributed by atoms with van der Waals surface area (Å²) >= 11 is 0. The third kappa shape index (κ3) is 2.63. The molecular weight excluding hydrogens is 240 g/mol. The number of hydrogen-bond acceptors (Lipinski definition) is 4. The van der Waals surface area contributed by atoms with E-state index in [1.54, 1.807) is 6.20 Å². The fraction of sp³-hybridized carbons (Fsp3) is 0.400. The zero-order chi connectivity index (χ0) is 13.2. The molecule has 2 unspecified atom stereocenters. The molecule has 100 valence electrons. The van der Waals surface area contributed by atoms with Crippen molar-refractivity contribution in [3.05, 3.63) is 47.7 Å². The first-order valence-electron chi connectivity index (χ1n) is 6.62. The van der Waals surface area contributed by atoms with Crippen molar-refractivity contribution < 1.29 is 9.15 Å². The first-order chi connectivity index (χ1) is 9.22. The zero-order valence-corrected chi connectivity index (χ0v) is 11.2. The molecule has 0 aliphatic carbocycles. The summed E-state index contributed by atoms with van der Waals surface area (Å²) in [6.07, 6.45) is 2.89. The SMILES string of the molecule is Cc1cnc(C(C)NCC2Cc3ccccc3O2)o1. The molecule has 0 amide bonds. The zero-order valence-electron chi connectivity index (χ0n) is 11.2. The maximum Gasteiger partial charge on any atom is 0.211 e. The van der Waals surface area contributed by atoms with Gasteiger partial charge >= 0.3 is 0 Å². The van der Waals surface area contributed by atoms with Crippen LogP contribution in [0, 0.1) is 6.92 Å². The summed E-state index contributed by atoms with van der Waals surface area (Å²) in [6.45, 7) is 4.74. The minimum atomic E-state index is 0.0982. The van der Waals surface area contributed by atoms with E-state index in [4.69, 9.17) is 9.15 Å². The second-order valence-corrected chi connectivity index (χ2v) is 4.99. The fourth-order valence-electron chi connectivity index (χ4n) is 2.34. The lowest BCUT2D eigenvalue weighted by Gasteiger charge is -2.15. The van der Waals surface area contributed by atoms with Crippen LogP contribution >= 0.6 is 0 Å². The molecule has 0 saturated carbocycles. The number of fused-ring (bicyclic) bond motifs is 1. The van der Waals surface area contributed by atoms with Gasteiger partial charge in [0.2, 0.25) is 5.89 Å². The molecule has 4 nitrogen and oxygen atoms in total. The van der Waals surface area contributed by atoms with Gasteiger partial charge in [0.1, 0.15) is 17.6 Å². The molecular formula is C15H18N2O2. The predicted molar refractivity (Wildman–Crippen MR) is 72.2 cm³/mol. The highest BCUT2D eigenvalue weighted by Crippen LogP contribution is 2.28. The van der Waals surface area contributed by atoms with Gasteiger partial charge < -0.3 is 14.5 Å². The lowest BCUT2D eigenvalue weighted by Crippen LogP contribution is -2.32. The molecule has 4 heteroatoms. The Hall–Kier alpha value is -1.81. The molecule has 0 fully saturated rings. The van der Waals surface area contributed by atoms with E-state index in [0.29, 0.717) is 0 Å². The van der Waals surface area contributed by atoms with Crippen molar-refractivity contribution in [2.45, 2.75) is 32.4 Å². The molecule has 1 N–H and O–H groups in total. The minimum absolute atomic E-state index is 0.0982. The first kappa shape index (κ1) is 12.2. The van der Waals surface area contributed by atoms with E-state index >= 15 is 0 Å². The van der Waals surface area contributed by atoms with Gasteiger partial charge in [-0.05, 0) is 25.5 Å². The number of ether oxygens (including phenoxy) is 1. The van der Waals surface area contributed by atoms with Gasteiger partial charge in [0.25, 0.3) is 0 Å². The van der Waals surface area contributed by atoms with Crippen molar-refractivity contribution in [3.63, 3.8) is 0 Å². The van der Waals surface area contributed by atoms with Gasteiger partial charge in [-0.25, -0.2) is 4.98 Å². The Kier molecular flexibility index (Phi) is 3.25. The lowest BCUT2D eigenvalue weighted by molar-refractivity contribution is 0.219. The molecule has 19 heavy (non-hydrogen) atoms. The maximum absolute atomic E-state index is 5.88. The van der Waals surface area contributed by atoms with Crippen molar-refractivity contribution in [2.75, 3.05) is 6.54 Å². The highest BCUT2D eigenvalue weighted by atomic mass is 16.5. The number of rotatable bonds is 4. The highest BCUT2D eigenvalue weighted by Gasteiger charge is 2.23. The van der Waals surface area contributed by atoms with Crippen LogP contribution in [0.3, 0.4) is 0 Å². The Morgan fingerprint density at radius 1 is 1.42 bits per heavy atom. The summed E-state index contributed by atoms with van der Waals surface area (Å²) in [6, 6.07) is 8.30. The molecule has 1 aliphatic heterocycles. The average molecular weight is 258 g/mol. The van der Waals surface area contributed by atoms with Gasteiger partial charge in [-0.1, -0.05) is 18.2 Å².